The molecule has 2 aromatic carbocycles. The zero-order chi connectivity index (χ0) is 30.6. The van der Waals surface area contributed by atoms with Crippen LogP contribution in [0.25, 0.3) is 11.1 Å². The van der Waals surface area contributed by atoms with Gasteiger partial charge in [0.25, 0.3) is 0 Å². The fourth-order valence-corrected chi connectivity index (χ4v) is 8.71. The molecule has 3 atom stereocenters. The summed E-state index contributed by atoms with van der Waals surface area (Å²) in [4.78, 5) is 41.6. The Morgan fingerprint density at radius 1 is 0.884 bits per heavy atom. The third-order valence-corrected chi connectivity index (χ3v) is 10.5. The molecule has 4 saturated carbocycles. The highest BCUT2D eigenvalue weighted by atomic mass is 16.6. The van der Waals surface area contributed by atoms with Gasteiger partial charge in [-0.15, -0.1) is 0 Å². The number of alkyl carbamates (subject to hydrolysis) is 1. The summed E-state index contributed by atoms with van der Waals surface area (Å²) in [5, 5.41) is 13.1. The molecule has 5 fully saturated rings. The molecule has 230 valence electrons. The number of ether oxygens (including phenoxy) is 2. The molecule has 1 heterocycles. The maximum absolute atomic E-state index is 14.2. The Labute approximate surface area is 254 Å². The Bertz CT molecular complexity index is 1330. The van der Waals surface area contributed by atoms with Gasteiger partial charge >= 0.3 is 12.1 Å². The second kappa shape index (κ2) is 11.0. The highest BCUT2D eigenvalue weighted by Gasteiger charge is 2.55. The van der Waals surface area contributed by atoms with Gasteiger partial charge in [0.2, 0.25) is 5.91 Å². The van der Waals surface area contributed by atoms with Gasteiger partial charge in [-0.2, -0.15) is 0 Å². The number of methoxy groups -OCH3 is 1. The van der Waals surface area contributed by atoms with E-state index >= 15 is 0 Å². The molecule has 8 heteroatoms. The van der Waals surface area contributed by atoms with Gasteiger partial charge in [-0.05, 0) is 78.4 Å². The molecule has 1 saturated heterocycles. The van der Waals surface area contributed by atoms with E-state index in [0.717, 1.165) is 36.0 Å². The topological polar surface area (TPSA) is 105 Å². The molecule has 5 aliphatic rings. The molecule has 4 bridgehead atoms. The normalized spacial score (nSPS) is 32.0. The largest absolute Gasteiger partial charge is 0.480 e. The van der Waals surface area contributed by atoms with Crippen molar-refractivity contribution in [1.82, 2.24) is 10.2 Å². The van der Waals surface area contributed by atoms with E-state index in [9.17, 15) is 19.5 Å². The van der Waals surface area contributed by atoms with E-state index in [-0.39, 0.29) is 13.0 Å². The molecule has 0 spiro atoms. The molecule has 1 aliphatic heterocycles. The summed E-state index contributed by atoms with van der Waals surface area (Å²) in [6.45, 7) is 5.68. The van der Waals surface area contributed by atoms with Crippen molar-refractivity contribution in [1.29, 1.82) is 0 Å². The lowest BCUT2D eigenvalue weighted by Crippen LogP contribution is -2.59. The van der Waals surface area contributed by atoms with E-state index in [2.05, 4.69) is 5.32 Å². The molecule has 2 amide bonds. The second-order valence-corrected chi connectivity index (χ2v) is 14.6. The molecule has 43 heavy (non-hydrogen) atoms. The van der Waals surface area contributed by atoms with Crippen LogP contribution in [-0.4, -0.2) is 59.3 Å². The van der Waals surface area contributed by atoms with Crippen molar-refractivity contribution in [3.63, 3.8) is 0 Å². The predicted octanol–water partition coefficient (Wildman–Crippen LogP) is 5.99. The lowest BCUT2D eigenvalue weighted by atomic mass is 9.54. The zero-order valence-corrected chi connectivity index (χ0v) is 25.7. The lowest BCUT2D eigenvalue weighted by Gasteiger charge is -2.55. The number of benzene rings is 2. The number of rotatable bonds is 7. The summed E-state index contributed by atoms with van der Waals surface area (Å²) in [6.07, 6.45) is 5.90. The van der Waals surface area contributed by atoms with Crippen molar-refractivity contribution >= 4 is 18.0 Å². The summed E-state index contributed by atoms with van der Waals surface area (Å²) in [7, 11) is 1.56. The highest BCUT2D eigenvalue weighted by Crippen LogP contribution is 2.57. The van der Waals surface area contributed by atoms with E-state index in [1.807, 2.05) is 75.4 Å². The van der Waals surface area contributed by atoms with Crippen LogP contribution < -0.4 is 5.32 Å². The van der Waals surface area contributed by atoms with Crippen LogP contribution in [0.4, 0.5) is 4.79 Å². The number of nitrogens with zero attached hydrogens (tertiary/aromatic N) is 1. The predicted molar refractivity (Wildman–Crippen MR) is 162 cm³/mol. The Kier molecular flexibility index (Phi) is 7.56. The van der Waals surface area contributed by atoms with Crippen molar-refractivity contribution in [2.45, 2.75) is 89.0 Å². The minimum atomic E-state index is -1.10. The molecule has 0 aromatic heterocycles. The van der Waals surface area contributed by atoms with Crippen LogP contribution in [0.5, 0.6) is 0 Å². The zero-order valence-electron chi connectivity index (χ0n) is 25.7. The fourth-order valence-electron chi connectivity index (χ4n) is 8.71. The van der Waals surface area contributed by atoms with E-state index in [4.69, 9.17) is 9.47 Å². The van der Waals surface area contributed by atoms with Gasteiger partial charge in [0.1, 0.15) is 23.3 Å². The van der Waals surface area contributed by atoms with Crippen LogP contribution in [0.2, 0.25) is 0 Å². The summed E-state index contributed by atoms with van der Waals surface area (Å²) < 4.78 is 12.2. The maximum atomic E-state index is 14.2. The molecule has 0 radical (unpaired) electrons. The minimum absolute atomic E-state index is 0.0578. The molecule has 7 rings (SSSR count). The first kappa shape index (κ1) is 29.7. The van der Waals surface area contributed by atoms with E-state index < -0.39 is 46.7 Å². The number of carboxylic acids is 1. The molecule has 2 aromatic rings. The SMILES string of the molecule is CO[C@@]1(c2ccc(-c3ccccc3)cc2)C[C@@H](C(=O)O)N(C(=O)[C@@H](NC(=O)OC23CC4CC(CC(C4)C2)C3)C(C)(C)C)C1. The number of carbonyl (C=O) groups is 3. The third kappa shape index (κ3) is 5.66. The fraction of sp³-hybridized carbons (Fsp3) is 0.571. The smallest absolute Gasteiger partial charge is 0.408 e. The minimum Gasteiger partial charge on any atom is -0.480 e. The van der Waals surface area contributed by atoms with Crippen molar-refractivity contribution in [2.75, 3.05) is 13.7 Å². The van der Waals surface area contributed by atoms with Crippen LogP contribution in [0, 0.1) is 23.2 Å². The first-order valence-electron chi connectivity index (χ1n) is 15.6. The van der Waals surface area contributed by atoms with Crippen LogP contribution >= 0.6 is 0 Å². The van der Waals surface area contributed by atoms with Crippen molar-refractivity contribution < 1.29 is 29.0 Å². The van der Waals surface area contributed by atoms with Crippen molar-refractivity contribution in [2.24, 2.45) is 23.2 Å². The van der Waals surface area contributed by atoms with E-state index in [1.54, 1.807) is 7.11 Å². The molecule has 8 nitrogen and oxygen atoms in total. The molecule has 2 N–H and O–H groups in total. The van der Waals surface area contributed by atoms with Gasteiger partial charge in [-0.1, -0.05) is 75.4 Å². The number of likely N-dealkylation sites (tertiary alicyclic amines) is 1. The van der Waals surface area contributed by atoms with Crippen molar-refractivity contribution in [3.05, 3.63) is 60.2 Å². The average Bonchev–Trinajstić information content (AvgIpc) is 3.37. The summed E-state index contributed by atoms with van der Waals surface area (Å²) >= 11 is 0. The number of aliphatic carboxylic acids is 1. The standard InChI is InChI=1S/C35H44N2O6/c1-33(2,3)29(36-32(41)43-34-17-22-14-23(18-34)16-24(15-22)19-34)30(38)37-21-35(42-4,20-28(37)31(39)40)27-12-10-26(11-13-27)25-8-6-5-7-9-25/h5-13,22-24,28-29H,14-21H2,1-4H3,(H,36,41)(H,39,40)/t22?,23?,24?,28-,29+,34?,35-/m0/s1. The average molecular weight is 589 g/mol. The monoisotopic (exact) mass is 588 g/mol. The van der Waals surface area contributed by atoms with Gasteiger partial charge in [0.05, 0.1) is 6.54 Å². The number of hydrogen-bond donors (Lipinski definition) is 2. The van der Waals surface area contributed by atoms with E-state index in [1.165, 1.54) is 24.2 Å². The lowest BCUT2D eigenvalue weighted by molar-refractivity contribution is -0.150. The summed E-state index contributed by atoms with van der Waals surface area (Å²) in [5.41, 5.74) is 0.778. The van der Waals surface area contributed by atoms with Crippen LogP contribution in [0.3, 0.4) is 0 Å². The highest BCUT2D eigenvalue weighted by molar-refractivity contribution is 5.90. The van der Waals surface area contributed by atoms with E-state index in [0.29, 0.717) is 17.8 Å². The van der Waals surface area contributed by atoms with Crippen LogP contribution in [0.15, 0.2) is 54.6 Å². The number of carbonyl (C=O) groups excluding carboxylic acids is 2. The summed E-state index contributed by atoms with van der Waals surface area (Å²) in [6, 6.07) is 15.8. The Balaban J connectivity index is 1.22. The maximum Gasteiger partial charge on any atom is 0.408 e. The number of hydrogen-bond acceptors (Lipinski definition) is 5. The van der Waals surface area contributed by atoms with Gasteiger partial charge in [-0.25, -0.2) is 9.59 Å². The molecular weight excluding hydrogens is 544 g/mol. The van der Waals surface area contributed by atoms with Gasteiger partial charge in [-0.3, -0.25) is 4.79 Å². The Morgan fingerprint density at radius 3 is 1.95 bits per heavy atom. The van der Waals surface area contributed by atoms with Crippen LogP contribution in [0.1, 0.15) is 71.3 Å². The Morgan fingerprint density at radius 2 is 1.44 bits per heavy atom. The second-order valence-electron chi connectivity index (χ2n) is 14.6. The van der Waals surface area contributed by atoms with Crippen molar-refractivity contribution in [3.8, 4) is 11.1 Å². The number of carboxylic acid groups (broad SMARTS) is 1. The third-order valence-electron chi connectivity index (χ3n) is 10.5. The molecular formula is C35H44N2O6. The summed E-state index contributed by atoms with van der Waals surface area (Å²) in [5.74, 6) is 0.302. The first-order valence-corrected chi connectivity index (χ1v) is 15.6. The number of nitrogens with one attached hydrogen (secondary N) is 1. The van der Waals surface area contributed by atoms with Crippen LogP contribution in [-0.2, 0) is 24.7 Å². The quantitative estimate of drug-likeness (QED) is 0.412. The van der Waals surface area contributed by atoms with Gasteiger partial charge < -0.3 is 24.8 Å². The molecule has 4 aliphatic carbocycles. The molecule has 0 unspecified atom stereocenters. The van der Waals surface area contributed by atoms with Gasteiger partial charge in [0.15, 0.2) is 0 Å². The first-order chi connectivity index (χ1) is 20.4. The van der Waals surface area contributed by atoms with Gasteiger partial charge in [0, 0.05) is 13.5 Å². The number of amides is 2. The Hall–Kier alpha value is -3.39.